The summed E-state index contributed by atoms with van der Waals surface area (Å²) in [4.78, 5) is 14.7. The van der Waals surface area contributed by atoms with Crippen LogP contribution in [0.2, 0.25) is 5.02 Å². The Morgan fingerprint density at radius 1 is 1.22 bits per heavy atom. The van der Waals surface area contributed by atoms with Crippen LogP contribution in [0.5, 0.6) is 0 Å². The molecule has 1 aromatic carbocycles. The van der Waals surface area contributed by atoms with E-state index >= 15 is 0 Å². The molecule has 27 heavy (non-hydrogen) atoms. The second kappa shape index (κ2) is 8.45. The third-order valence-electron chi connectivity index (χ3n) is 5.55. The topological polar surface area (TPSA) is 57.7 Å². The molecule has 1 atom stereocenters. The molecule has 0 N–H and O–H groups in total. The molecule has 2 fully saturated rings. The molecule has 5 nitrogen and oxygen atoms in total. The maximum absolute atomic E-state index is 13.9. The van der Waals surface area contributed by atoms with Gasteiger partial charge < -0.3 is 4.90 Å². The maximum atomic E-state index is 13.9. The first-order valence-electron chi connectivity index (χ1n) is 9.47. The van der Waals surface area contributed by atoms with Crippen LogP contribution in [0.25, 0.3) is 0 Å². The third-order valence-corrected chi connectivity index (χ3v) is 7.71. The van der Waals surface area contributed by atoms with E-state index in [9.17, 15) is 17.6 Å². The van der Waals surface area contributed by atoms with Crippen LogP contribution in [0.3, 0.4) is 0 Å². The van der Waals surface area contributed by atoms with Crippen LogP contribution in [-0.2, 0) is 20.6 Å². The number of amides is 1. The highest BCUT2D eigenvalue weighted by Gasteiger charge is 2.34. The first kappa shape index (κ1) is 20.6. The van der Waals surface area contributed by atoms with Crippen molar-refractivity contribution in [3.8, 4) is 0 Å². The van der Waals surface area contributed by atoms with E-state index in [1.54, 1.807) is 0 Å². The minimum atomic E-state index is -3.68. The predicted octanol–water partition coefficient (Wildman–Crippen LogP) is 3.28. The van der Waals surface area contributed by atoms with Gasteiger partial charge in [-0.1, -0.05) is 24.6 Å². The van der Waals surface area contributed by atoms with Crippen LogP contribution in [0, 0.1) is 17.7 Å². The highest BCUT2D eigenvalue weighted by molar-refractivity contribution is 7.88. The summed E-state index contributed by atoms with van der Waals surface area (Å²) < 4.78 is 40.7. The largest absolute Gasteiger partial charge is 0.342 e. The van der Waals surface area contributed by atoms with E-state index in [-0.39, 0.29) is 35.5 Å². The molecule has 3 rings (SSSR count). The Morgan fingerprint density at radius 3 is 2.56 bits per heavy atom. The second-order valence-corrected chi connectivity index (χ2v) is 10.0. The van der Waals surface area contributed by atoms with Crippen LogP contribution in [0.15, 0.2) is 18.2 Å². The normalized spacial score (nSPS) is 22.8. The van der Waals surface area contributed by atoms with Crippen molar-refractivity contribution in [2.75, 3.05) is 26.2 Å². The Bertz CT molecular complexity index is 774. The molecule has 2 heterocycles. The van der Waals surface area contributed by atoms with Crippen molar-refractivity contribution in [3.05, 3.63) is 34.6 Å². The van der Waals surface area contributed by atoms with E-state index in [0.717, 1.165) is 25.9 Å². The Hall–Kier alpha value is -1.18. The molecule has 0 aromatic heterocycles. The van der Waals surface area contributed by atoms with E-state index in [1.165, 1.54) is 22.5 Å². The number of hydrogen-bond donors (Lipinski definition) is 0. The van der Waals surface area contributed by atoms with E-state index in [0.29, 0.717) is 18.8 Å². The standard InChI is InChI=1S/C19H26ClFN2O3S/c1-14-4-3-9-22(12-14)19(24)15-7-10-23(11-8-15)27(25,26)13-16-17(20)5-2-6-18(16)21/h2,5-6,14-15H,3-4,7-13H2,1H3. The second-order valence-electron chi connectivity index (χ2n) is 7.66. The summed E-state index contributed by atoms with van der Waals surface area (Å²) >= 11 is 5.96. The zero-order valence-corrected chi connectivity index (χ0v) is 17.1. The summed E-state index contributed by atoms with van der Waals surface area (Å²) in [5, 5.41) is 0.114. The van der Waals surface area contributed by atoms with Gasteiger partial charge in [-0.2, -0.15) is 0 Å². The van der Waals surface area contributed by atoms with Crippen LogP contribution < -0.4 is 0 Å². The fourth-order valence-electron chi connectivity index (χ4n) is 3.97. The molecule has 0 radical (unpaired) electrons. The van der Waals surface area contributed by atoms with Gasteiger partial charge in [0.1, 0.15) is 5.82 Å². The summed E-state index contributed by atoms with van der Waals surface area (Å²) in [6.07, 6.45) is 3.20. The number of halogens is 2. The summed E-state index contributed by atoms with van der Waals surface area (Å²) in [7, 11) is -3.68. The molecule has 1 aromatic rings. The van der Waals surface area contributed by atoms with Gasteiger partial charge in [-0.05, 0) is 43.7 Å². The Balaban J connectivity index is 1.60. The molecule has 150 valence electrons. The number of rotatable bonds is 4. The molecule has 0 spiro atoms. The Labute approximate surface area is 165 Å². The van der Waals surface area contributed by atoms with E-state index in [4.69, 9.17) is 11.6 Å². The van der Waals surface area contributed by atoms with Gasteiger partial charge >= 0.3 is 0 Å². The maximum Gasteiger partial charge on any atom is 0.225 e. The van der Waals surface area contributed by atoms with E-state index in [1.807, 2.05) is 4.90 Å². The summed E-state index contributed by atoms with van der Waals surface area (Å²) in [6, 6.07) is 4.15. The number of likely N-dealkylation sites (tertiary alicyclic amines) is 1. The number of sulfonamides is 1. The molecule has 1 amide bonds. The lowest BCUT2D eigenvalue weighted by molar-refractivity contribution is -0.138. The molecule has 2 aliphatic rings. The van der Waals surface area contributed by atoms with Gasteiger partial charge in [-0.3, -0.25) is 4.79 Å². The number of nitrogens with zero attached hydrogens (tertiary/aromatic N) is 2. The average Bonchev–Trinajstić information content (AvgIpc) is 2.64. The fourth-order valence-corrected chi connectivity index (χ4v) is 5.89. The van der Waals surface area contributed by atoms with Crippen molar-refractivity contribution in [1.82, 2.24) is 9.21 Å². The number of carbonyl (C=O) groups excluding carboxylic acids is 1. The lowest BCUT2D eigenvalue weighted by atomic mass is 9.93. The van der Waals surface area contributed by atoms with Crippen LogP contribution in [0.1, 0.15) is 38.2 Å². The lowest BCUT2D eigenvalue weighted by Gasteiger charge is -2.36. The van der Waals surface area contributed by atoms with Gasteiger partial charge in [0.05, 0.1) is 5.75 Å². The molecule has 0 saturated carbocycles. The zero-order valence-electron chi connectivity index (χ0n) is 15.5. The number of carbonyl (C=O) groups is 1. The minimum Gasteiger partial charge on any atom is -0.342 e. The molecule has 8 heteroatoms. The third kappa shape index (κ3) is 4.81. The average molecular weight is 417 g/mol. The van der Waals surface area contributed by atoms with Gasteiger partial charge in [0, 0.05) is 42.7 Å². The number of benzene rings is 1. The van der Waals surface area contributed by atoms with Crippen LogP contribution in [-0.4, -0.2) is 49.7 Å². The Kier molecular flexibility index (Phi) is 6.43. The molecule has 0 bridgehead atoms. The minimum absolute atomic E-state index is 0.000305. The zero-order chi connectivity index (χ0) is 19.6. The summed E-state index contributed by atoms with van der Waals surface area (Å²) in [5.41, 5.74) is -0.000305. The van der Waals surface area contributed by atoms with Gasteiger partial charge in [-0.25, -0.2) is 17.1 Å². The molecule has 0 aliphatic carbocycles. The Morgan fingerprint density at radius 2 is 1.93 bits per heavy atom. The first-order chi connectivity index (χ1) is 12.8. The number of piperidine rings is 2. The molecular weight excluding hydrogens is 391 g/mol. The van der Waals surface area contributed by atoms with Gasteiger partial charge in [0.2, 0.25) is 15.9 Å². The smallest absolute Gasteiger partial charge is 0.225 e. The van der Waals surface area contributed by atoms with Gasteiger partial charge in [0.15, 0.2) is 0 Å². The van der Waals surface area contributed by atoms with Crippen molar-refractivity contribution in [2.24, 2.45) is 11.8 Å². The molecular formula is C19H26ClFN2O3S. The van der Waals surface area contributed by atoms with Crippen molar-refractivity contribution >= 4 is 27.5 Å². The number of hydrogen-bond acceptors (Lipinski definition) is 3. The van der Waals surface area contributed by atoms with Gasteiger partial charge in [-0.15, -0.1) is 0 Å². The van der Waals surface area contributed by atoms with E-state index in [2.05, 4.69) is 6.92 Å². The van der Waals surface area contributed by atoms with Crippen LogP contribution in [0.4, 0.5) is 4.39 Å². The van der Waals surface area contributed by atoms with E-state index < -0.39 is 21.6 Å². The molecule has 2 aliphatic heterocycles. The highest BCUT2D eigenvalue weighted by atomic mass is 35.5. The highest BCUT2D eigenvalue weighted by Crippen LogP contribution is 2.27. The lowest BCUT2D eigenvalue weighted by Crippen LogP contribution is -2.47. The summed E-state index contributed by atoms with van der Waals surface area (Å²) in [6.45, 7) is 4.32. The quantitative estimate of drug-likeness (QED) is 0.756. The van der Waals surface area contributed by atoms with Crippen LogP contribution >= 0.6 is 11.6 Å². The molecule has 1 unspecified atom stereocenters. The summed E-state index contributed by atoms with van der Waals surface area (Å²) in [5.74, 6) is -0.528. The van der Waals surface area contributed by atoms with Crippen molar-refractivity contribution in [3.63, 3.8) is 0 Å². The van der Waals surface area contributed by atoms with Crippen molar-refractivity contribution in [2.45, 2.75) is 38.4 Å². The SMILES string of the molecule is CC1CCCN(C(=O)C2CCN(S(=O)(=O)Cc3c(F)cccc3Cl)CC2)C1. The first-order valence-corrected chi connectivity index (χ1v) is 11.5. The van der Waals surface area contributed by atoms with Crippen molar-refractivity contribution < 1.29 is 17.6 Å². The molecule has 2 saturated heterocycles. The fraction of sp³-hybridized carbons (Fsp3) is 0.632. The van der Waals surface area contributed by atoms with Crippen molar-refractivity contribution in [1.29, 1.82) is 0 Å². The predicted molar refractivity (Wildman–Crippen MR) is 103 cm³/mol. The van der Waals surface area contributed by atoms with Gasteiger partial charge in [0.25, 0.3) is 0 Å². The monoisotopic (exact) mass is 416 g/mol.